The van der Waals surface area contributed by atoms with E-state index in [9.17, 15) is 9.59 Å². The summed E-state index contributed by atoms with van der Waals surface area (Å²) in [6, 6.07) is 15.8. The van der Waals surface area contributed by atoms with Gasteiger partial charge in [-0.2, -0.15) is 0 Å². The number of nitrogens with one attached hydrogen (secondary N) is 1. The Morgan fingerprint density at radius 2 is 1.83 bits per heavy atom. The fraction of sp³-hybridized carbons (Fsp3) is 0.292. The highest BCUT2D eigenvalue weighted by molar-refractivity contribution is 7.13. The summed E-state index contributed by atoms with van der Waals surface area (Å²) in [7, 11) is 0. The summed E-state index contributed by atoms with van der Waals surface area (Å²) in [4.78, 5) is 29.0. The zero-order valence-electron chi connectivity index (χ0n) is 17.5. The van der Waals surface area contributed by atoms with Gasteiger partial charge in [0.15, 0.2) is 12.3 Å². The van der Waals surface area contributed by atoms with Crippen LogP contribution in [0.25, 0.3) is 10.6 Å². The normalized spacial score (nSPS) is 11.7. The fourth-order valence-corrected chi connectivity index (χ4v) is 3.83. The molecular weight excluding hydrogens is 396 g/mol. The topological polar surface area (TPSA) is 68.3 Å². The smallest absolute Gasteiger partial charge is 0.358 e. The highest BCUT2D eigenvalue weighted by Gasteiger charge is 2.16. The number of thiazole rings is 1. The van der Waals surface area contributed by atoms with Crippen molar-refractivity contribution in [3.05, 3.63) is 70.7 Å². The number of carbonyl (C=O) groups is 2. The van der Waals surface area contributed by atoms with Crippen molar-refractivity contribution in [1.29, 1.82) is 0 Å². The van der Waals surface area contributed by atoms with Crippen LogP contribution >= 0.6 is 11.3 Å². The molecule has 156 valence electrons. The Bertz CT molecular complexity index is 1010. The predicted octanol–water partition coefficient (Wildman–Crippen LogP) is 5.68. The van der Waals surface area contributed by atoms with E-state index in [1.165, 1.54) is 16.9 Å². The number of benzene rings is 2. The number of aromatic nitrogens is 1. The van der Waals surface area contributed by atoms with Gasteiger partial charge in [-0.1, -0.05) is 63.2 Å². The highest BCUT2D eigenvalue weighted by Crippen LogP contribution is 2.27. The molecule has 0 unspecified atom stereocenters. The van der Waals surface area contributed by atoms with Crippen molar-refractivity contribution >= 4 is 28.9 Å². The Morgan fingerprint density at radius 3 is 2.53 bits per heavy atom. The van der Waals surface area contributed by atoms with E-state index in [1.54, 1.807) is 5.38 Å². The van der Waals surface area contributed by atoms with Gasteiger partial charge < -0.3 is 10.1 Å². The second-order valence-electron chi connectivity index (χ2n) is 7.11. The van der Waals surface area contributed by atoms with Crippen molar-refractivity contribution in [1.82, 2.24) is 4.98 Å². The number of rotatable bonds is 8. The zero-order valence-corrected chi connectivity index (χ0v) is 18.3. The molecule has 1 heterocycles. The lowest BCUT2D eigenvalue weighted by Crippen LogP contribution is -2.22. The van der Waals surface area contributed by atoms with Crippen LogP contribution in [0.3, 0.4) is 0 Å². The van der Waals surface area contributed by atoms with Gasteiger partial charge in [-0.05, 0) is 36.0 Å². The summed E-state index contributed by atoms with van der Waals surface area (Å²) < 4.78 is 5.17. The number of amides is 1. The molecule has 0 saturated heterocycles. The van der Waals surface area contributed by atoms with Gasteiger partial charge in [0, 0.05) is 16.6 Å². The van der Waals surface area contributed by atoms with Crippen LogP contribution in [0.5, 0.6) is 0 Å². The predicted molar refractivity (Wildman–Crippen MR) is 121 cm³/mol. The lowest BCUT2D eigenvalue weighted by molar-refractivity contribution is -0.119. The average Bonchev–Trinajstić information content (AvgIpc) is 3.28. The number of ether oxygens (including phenoxy) is 1. The minimum absolute atomic E-state index is 0.211. The SMILES string of the molecule is CCc1ccc(-c2nc(C(=O)OCC(=O)Nc3ccccc3[C@@H](C)CC)cs2)cc1. The lowest BCUT2D eigenvalue weighted by atomic mass is 9.97. The van der Waals surface area contributed by atoms with E-state index >= 15 is 0 Å². The number of esters is 1. The summed E-state index contributed by atoms with van der Waals surface area (Å²) in [5, 5.41) is 5.24. The molecular formula is C24H26N2O3S. The molecule has 6 heteroatoms. The van der Waals surface area contributed by atoms with Crippen molar-refractivity contribution in [2.45, 2.75) is 39.5 Å². The van der Waals surface area contributed by atoms with Gasteiger partial charge in [-0.3, -0.25) is 4.79 Å². The first-order valence-electron chi connectivity index (χ1n) is 10.1. The second-order valence-corrected chi connectivity index (χ2v) is 7.97. The van der Waals surface area contributed by atoms with Gasteiger partial charge >= 0.3 is 5.97 Å². The molecule has 0 fully saturated rings. The average molecular weight is 423 g/mol. The third-order valence-electron chi connectivity index (χ3n) is 5.03. The van der Waals surface area contributed by atoms with Crippen LogP contribution in [-0.2, 0) is 16.0 Å². The van der Waals surface area contributed by atoms with Crippen LogP contribution in [0.15, 0.2) is 53.9 Å². The molecule has 0 aliphatic carbocycles. The van der Waals surface area contributed by atoms with Gasteiger partial charge in [0.2, 0.25) is 0 Å². The second kappa shape index (κ2) is 10.2. The summed E-state index contributed by atoms with van der Waals surface area (Å²) in [6.07, 6.45) is 1.94. The van der Waals surface area contributed by atoms with Crippen LogP contribution < -0.4 is 5.32 Å². The summed E-state index contributed by atoms with van der Waals surface area (Å²) in [5.41, 5.74) is 4.23. The van der Waals surface area contributed by atoms with Crippen LogP contribution in [-0.4, -0.2) is 23.5 Å². The van der Waals surface area contributed by atoms with Gasteiger partial charge in [0.05, 0.1) is 0 Å². The molecule has 0 aliphatic heterocycles. The quantitative estimate of drug-likeness (QED) is 0.474. The fourth-order valence-electron chi connectivity index (χ4n) is 3.03. The van der Waals surface area contributed by atoms with Crippen molar-refractivity contribution in [3.8, 4) is 10.6 Å². The number of carbonyl (C=O) groups excluding carboxylic acids is 2. The number of para-hydroxylation sites is 1. The molecule has 0 aliphatic rings. The molecule has 0 saturated carbocycles. The standard InChI is InChI=1S/C24H26N2O3S/c1-4-16(3)19-8-6-7-9-20(19)25-22(27)14-29-24(28)21-15-30-23(26-21)18-12-10-17(5-2)11-13-18/h6-13,15-16H,4-5,14H2,1-3H3,(H,25,27)/t16-/m0/s1. The number of aryl methyl sites for hydroxylation is 1. The Balaban J connectivity index is 1.58. The zero-order chi connectivity index (χ0) is 21.5. The Kier molecular flexibility index (Phi) is 7.36. The number of anilines is 1. The molecule has 3 rings (SSSR count). The molecule has 1 amide bonds. The summed E-state index contributed by atoms with van der Waals surface area (Å²) >= 11 is 1.38. The van der Waals surface area contributed by atoms with E-state index < -0.39 is 5.97 Å². The number of hydrogen-bond donors (Lipinski definition) is 1. The third kappa shape index (κ3) is 5.33. The highest BCUT2D eigenvalue weighted by atomic mass is 32.1. The van der Waals surface area contributed by atoms with E-state index in [2.05, 4.69) is 43.2 Å². The van der Waals surface area contributed by atoms with Crippen LogP contribution in [0.1, 0.15) is 54.7 Å². The van der Waals surface area contributed by atoms with Gasteiger partial charge in [0.1, 0.15) is 5.01 Å². The molecule has 0 spiro atoms. The maximum atomic E-state index is 12.3. The molecule has 0 radical (unpaired) electrons. The molecule has 1 aromatic heterocycles. The summed E-state index contributed by atoms with van der Waals surface area (Å²) in [5.74, 6) is -0.651. The first-order chi connectivity index (χ1) is 14.5. The number of nitrogens with zero attached hydrogens (tertiary/aromatic N) is 1. The molecule has 1 N–H and O–H groups in total. The van der Waals surface area contributed by atoms with Crippen molar-refractivity contribution in [3.63, 3.8) is 0 Å². The van der Waals surface area contributed by atoms with Gasteiger partial charge in [-0.25, -0.2) is 9.78 Å². The van der Waals surface area contributed by atoms with Crippen molar-refractivity contribution < 1.29 is 14.3 Å². The maximum Gasteiger partial charge on any atom is 0.358 e. The largest absolute Gasteiger partial charge is 0.451 e. The first kappa shape index (κ1) is 21.7. The molecule has 2 aromatic carbocycles. The Labute approximate surface area is 181 Å². The molecule has 0 bridgehead atoms. The van der Waals surface area contributed by atoms with E-state index in [0.29, 0.717) is 5.92 Å². The Hall–Kier alpha value is -2.99. The Morgan fingerprint density at radius 1 is 1.10 bits per heavy atom. The van der Waals surface area contributed by atoms with Gasteiger partial charge in [-0.15, -0.1) is 11.3 Å². The molecule has 3 aromatic rings. The van der Waals surface area contributed by atoms with E-state index in [-0.39, 0.29) is 18.2 Å². The lowest BCUT2D eigenvalue weighted by Gasteiger charge is -2.15. The van der Waals surface area contributed by atoms with E-state index in [0.717, 1.165) is 34.7 Å². The maximum absolute atomic E-state index is 12.3. The summed E-state index contributed by atoms with van der Waals surface area (Å²) in [6.45, 7) is 5.96. The molecule has 5 nitrogen and oxygen atoms in total. The van der Waals surface area contributed by atoms with Crippen molar-refractivity contribution in [2.75, 3.05) is 11.9 Å². The van der Waals surface area contributed by atoms with Crippen LogP contribution in [0, 0.1) is 0 Å². The minimum atomic E-state index is -0.604. The van der Waals surface area contributed by atoms with E-state index in [4.69, 9.17) is 4.74 Å². The van der Waals surface area contributed by atoms with Gasteiger partial charge in [0.25, 0.3) is 5.91 Å². The first-order valence-corrected chi connectivity index (χ1v) is 11.0. The van der Waals surface area contributed by atoms with Crippen molar-refractivity contribution in [2.24, 2.45) is 0 Å². The molecule has 1 atom stereocenters. The monoisotopic (exact) mass is 422 g/mol. The third-order valence-corrected chi connectivity index (χ3v) is 5.93. The van der Waals surface area contributed by atoms with Crippen LogP contribution in [0.4, 0.5) is 5.69 Å². The number of hydrogen-bond acceptors (Lipinski definition) is 5. The van der Waals surface area contributed by atoms with E-state index in [1.807, 2.05) is 36.4 Å². The molecule has 30 heavy (non-hydrogen) atoms. The minimum Gasteiger partial charge on any atom is -0.451 e. The van der Waals surface area contributed by atoms with Crippen LogP contribution in [0.2, 0.25) is 0 Å².